The Morgan fingerprint density at radius 1 is 0.750 bits per heavy atom. The van der Waals surface area contributed by atoms with Crippen LogP contribution >= 0.6 is 0 Å². The van der Waals surface area contributed by atoms with Crippen molar-refractivity contribution in [2.75, 3.05) is 0 Å². The summed E-state index contributed by atoms with van der Waals surface area (Å²) in [6, 6.07) is 0. The molecule has 2 rings (SSSR count). The molecule has 0 radical (unpaired) electrons. The van der Waals surface area contributed by atoms with E-state index < -0.39 is 0 Å². The van der Waals surface area contributed by atoms with E-state index in [4.69, 9.17) is 0 Å². The maximum atomic E-state index is 4.56. The normalized spacial score (nSPS) is 11.6. The van der Waals surface area contributed by atoms with Crippen molar-refractivity contribution in [1.29, 1.82) is 0 Å². The second-order valence-corrected chi connectivity index (χ2v) is 4.51. The van der Waals surface area contributed by atoms with Gasteiger partial charge in [0.25, 0.3) is 0 Å². The van der Waals surface area contributed by atoms with Crippen LogP contribution in [0.1, 0.15) is 50.9 Å². The Balaban J connectivity index is 2.71. The molecule has 0 aliphatic rings. The number of hydrogen-bond acceptors (Lipinski definition) is 4. The lowest BCUT2D eigenvalue weighted by atomic mass is 10.0. The van der Waals surface area contributed by atoms with E-state index in [9.17, 15) is 0 Å². The summed E-state index contributed by atoms with van der Waals surface area (Å²) < 4.78 is 0. The van der Waals surface area contributed by atoms with E-state index >= 15 is 0 Å². The van der Waals surface area contributed by atoms with Gasteiger partial charge in [-0.05, 0) is 11.8 Å². The zero-order chi connectivity index (χ0) is 11.7. The average Bonchev–Trinajstić information content (AvgIpc) is 2.27. The summed E-state index contributed by atoms with van der Waals surface area (Å²) in [5.74, 6) is 0.715. The first-order valence-electron chi connectivity index (χ1n) is 5.58. The van der Waals surface area contributed by atoms with E-state index in [1.54, 1.807) is 12.4 Å². The van der Waals surface area contributed by atoms with E-state index in [1.165, 1.54) is 0 Å². The van der Waals surface area contributed by atoms with Crippen molar-refractivity contribution in [3.05, 3.63) is 23.8 Å². The molecule has 0 N–H and O–H groups in total. The maximum absolute atomic E-state index is 4.56. The van der Waals surface area contributed by atoms with Crippen LogP contribution in [0, 0.1) is 0 Å². The van der Waals surface area contributed by atoms with Gasteiger partial charge in [-0.3, -0.25) is 0 Å². The first-order valence-corrected chi connectivity index (χ1v) is 5.58. The summed E-state index contributed by atoms with van der Waals surface area (Å²) in [6.45, 7) is 8.49. The van der Waals surface area contributed by atoms with Crippen LogP contribution < -0.4 is 0 Å². The highest BCUT2D eigenvalue weighted by Gasteiger charge is 2.15. The van der Waals surface area contributed by atoms with Crippen molar-refractivity contribution in [2.45, 2.75) is 39.5 Å². The molecule has 0 unspecified atom stereocenters. The molecule has 0 aliphatic carbocycles. The quantitative estimate of drug-likeness (QED) is 0.774. The van der Waals surface area contributed by atoms with Crippen molar-refractivity contribution in [2.24, 2.45) is 0 Å². The first-order chi connectivity index (χ1) is 7.59. The molecule has 0 bridgehead atoms. The van der Waals surface area contributed by atoms with Gasteiger partial charge >= 0.3 is 0 Å². The molecule has 0 saturated carbocycles. The molecule has 2 aromatic rings. The monoisotopic (exact) mass is 216 g/mol. The van der Waals surface area contributed by atoms with Gasteiger partial charge in [-0.15, -0.1) is 0 Å². The minimum Gasteiger partial charge on any atom is -0.232 e. The third-order valence-corrected chi connectivity index (χ3v) is 2.47. The van der Waals surface area contributed by atoms with Gasteiger partial charge in [0.1, 0.15) is 0 Å². The molecule has 4 nitrogen and oxygen atoms in total. The number of fused-ring (bicyclic) bond motifs is 1. The summed E-state index contributed by atoms with van der Waals surface area (Å²) in [6.07, 6.45) is 3.30. The van der Waals surface area contributed by atoms with Crippen molar-refractivity contribution < 1.29 is 0 Å². The summed E-state index contributed by atoms with van der Waals surface area (Å²) in [4.78, 5) is 17.5. The van der Waals surface area contributed by atoms with Crippen LogP contribution in [0.3, 0.4) is 0 Å². The number of rotatable bonds is 2. The molecule has 0 amide bonds. The SMILES string of the molecule is CC(C)c1nc2nccnc2nc1C(C)C. The fourth-order valence-electron chi connectivity index (χ4n) is 1.67. The molecular formula is C12H16N4. The Bertz CT molecular complexity index is 459. The van der Waals surface area contributed by atoms with E-state index in [0.29, 0.717) is 23.1 Å². The largest absolute Gasteiger partial charge is 0.232 e. The predicted octanol–water partition coefficient (Wildman–Crippen LogP) is 2.67. The van der Waals surface area contributed by atoms with Gasteiger partial charge in [0.2, 0.25) is 0 Å². The molecule has 2 aromatic heterocycles. The molecule has 4 heteroatoms. The molecule has 2 heterocycles. The van der Waals surface area contributed by atoms with Gasteiger partial charge in [0.05, 0.1) is 11.4 Å². The van der Waals surface area contributed by atoms with Crippen LogP contribution in [0.2, 0.25) is 0 Å². The minimum atomic E-state index is 0.358. The summed E-state index contributed by atoms with van der Waals surface area (Å²) in [7, 11) is 0. The Morgan fingerprint density at radius 2 is 1.12 bits per heavy atom. The summed E-state index contributed by atoms with van der Waals surface area (Å²) in [5.41, 5.74) is 3.33. The highest BCUT2D eigenvalue weighted by molar-refractivity contribution is 5.64. The Morgan fingerprint density at radius 3 is 1.44 bits per heavy atom. The van der Waals surface area contributed by atoms with Crippen molar-refractivity contribution >= 4 is 11.3 Å². The van der Waals surface area contributed by atoms with E-state index in [1.807, 2.05) is 0 Å². The van der Waals surface area contributed by atoms with Gasteiger partial charge in [-0.25, -0.2) is 19.9 Å². The number of nitrogens with zero attached hydrogens (tertiary/aromatic N) is 4. The smallest absolute Gasteiger partial charge is 0.198 e. The van der Waals surface area contributed by atoms with Crippen LogP contribution in [0.15, 0.2) is 12.4 Å². The second-order valence-electron chi connectivity index (χ2n) is 4.51. The van der Waals surface area contributed by atoms with E-state index in [2.05, 4.69) is 47.6 Å². The second kappa shape index (κ2) is 4.12. The number of hydrogen-bond donors (Lipinski definition) is 0. The number of aromatic nitrogens is 4. The Kier molecular flexibility index (Phi) is 2.81. The zero-order valence-electron chi connectivity index (χ0n) is 10.1. The van der Waals surface area contributed by atoms with Crippen LogP contribution in [0.25, 0.3) is 11.3 Å². The fourth-order valence-corrected chi connectivity index (χ4v) is 1.67. The Labute approximate surface area is 95.2 Å². The standard InChI is InChI=1S/C12H16N4/c1-7(2)9-10(8(3)4)16-12-11(15-9)13-5-6-14-12/h5-8H,1-4H3. The third kappa shape index (κ3) is 1.87. The molecule has 84 valence electrons. The molecule has 0 atom stereocenters. The van der Waals surface area contributed by atoms with E-state index in [-0.39, 0.29) is 0 Å². The molecule has 0 aromatic carbocycles. The summed E-state index contributed by atoms with van der Waals surface area (Å²) in [5, 5.41) is 0. The molecule has 0 saturated heterocycles. The molecule has 0 fully saturated rings. The maximum Gasteiger partial charge on any atom is 0.198 e. The van der Waals surface area contributed by atoms with Gasteiger partial charge in [0.15, 0.2) is 11.3 Å². The van der Waals surface area contributed by atoms with Gasteiger partial charge in [0, 0.05) is 12.4 Å². The van der Waals surface area contributed by atoms with Crippen LogP contribution in [-0.2, 0) is 0 Å². The molecule has 0 spiro atoms. The van der Waals surface area contributed by atoms with Gasteiger partial charge in [-0.2, -0.15) is 0 Å². The van der Waals surface area contributed by atoms with Crippen molar-refractivity contribution in [3.8, 4) is 0 Å². The van der Waals surface area contributed by atoms with E-state index in [0.717, 1.165) is 11.4 Å². The highest BCUT2D eigenvalue weighted by Crippen LogP contribution is 2.23. The van der Waals surface area contributed by atoms with Crippen molar-refractivity contribution in [1.82, 2.24) is 19.9 Å². The zero-order valence-corrected chi connectivity index (χ0v) is 10.1. The van der Waals surface area contributed by atoms with Crippen LogP contribution in [0.5, 0.6) is 0 Å². The van der Waals surface area contributed by atoms with Gasteiger partial charge < -0.3 is 0 Å². The van der Waals surface area contributed by atoms with Crippen molar-refractivity contribution in [3.63, 3.8) is 0 Å². The molecular weight excluding hydrogens is 200 g/mol. The lowest BCUT2D eigenvalue weighted by Crippen LogP contribution is -2.07. The molecule has 0 aliphatic heterocycles. The van der Waals surface area contributed by atoms with Gasteiger partial charge in [-0.1, -0.05) is 27.7 Å². The Hall–Kier alpha value is -1.58. The lowest BCUT2D eigenvalue weighted by molar-refractivity contribution is 0.733. The fraction of sp³-hybridized carbons (Fsp3) is 0.500. The van der Waals surface area contributed by atoms with Crippen LogP contribution in [-0.4, -0.2) is 19.9 Å². The first kappa shape index (κ1) is 10.9. The molecule has 16 heavy (non-hydrogen) atoms. The summed E-state index contributed by atoms with van der Waals surface area (Å²) >= 11 is 0. The third-order valence-electron chi connectivity index (χ3n) is 2.47. The lowest BCUT2D eigenvalue weighted by Gasteiger charge is -2.13. The topological polar surface area (TPSA) is 51.6 Å². The average molecular weight is 216 g/mol. The predicted molar refractivity (Wildman–Crippen MR) is 63.3 cm³/mol. The minimum absolute atomic E-state index is 0.358. The van der Waals surface area contributed by atoms with Crippen LogP contribution in [0.4, 0.5) is 0 Å². The highest BCUT2D eigenvalue weighted by atomic mass is 15.0.